The Kier molecular flexibility index (Phi) is 4.53. The van der Waals surface area contributed by atoms with Gasteiger partial charge in [-0.1, -0.05) is 43.1 Å². The van der Waals surface area contributed by atoms with E-state index in [0.717, 1.165) is 18.3 Å². The summed E-state index contributed by atoms with van der Waals surface area (Å²) in [4.78, 5) is 5.31. The first-order valence-corrected chi connectivity index (χ1v) is 8.73. The number of alkyl halides is 1. The van der Waals surface area contributed by atoms with Crippen molar-refractivity contribution in [3.8, 4) is 0 Å². The lowest BCUT2D eigenvalue weighted by atomic mass is 9.67. The summed E-state index contributed by atoms with van der Waals surface area (Å²) in [5, 5.41) is 3.47. The Balaban J connectivity index is 2.05. The Labute approximate surface area is 124 Å². The number of nitrogens with zero attached hydrogens (tertiary/aromatic N) is 1. The number of rotatable bonds is 3. The van der Waals surface area contributed by atoms with Crippen molar-refractivity contribution in [1.82, 2.24) is 4.98 Å². The standard InChI is InChI=1S/C15H24BrNS/c1-10-5-6-12(13(16)7-10)15(3,4)8-14-17-11(2)9-18-14/h9-10,12-13H,5-8H2,1-4H3. The number of aryl methyl sites for hydroxylation is 1. The molecule has 18 heavy (non-hydrogen) atoms. The minimum absolute atomic E-state index is 0.346. The average Bonchev–Trinajstić information content (AvgIpc) is 2.62. The van der Waals surface area contributed by atoms with Crippen LogP contribution in [-0.4, -0.2) is 9.81 Å². The predicted octanol–water partition coefficient (Wildman–Crippen LogP) is 5.22. The lowest BCUT2D eigenvalue weighted by Gasteiger charge is -2.41. The maximum absolute atomic E-state index is 4.63. The second-order valence-electron chi connectivity index (χ2n) is 6.59. The van der Waals surface area contributed by atoms with Gasteiger partial charge in [-0.15, -0.1) is 11.3 Å². The van der Waals surface area contributed by atoms with Crippen molar-refractivity contribution in [3.63, 3.8) is 0 Å². The Morgan fingerprint density at radius 1 is 1.44 bits per heavy atom. The first kappa shape index (κ1) is 14.5. The molecule has 0 N–H and O–H groups in total. The van der Waals surface area contributed by atoms with Gasteiger partial charge in [-0.05, 0) is 37.0 Å². The average molecular weight is 330 g/mol. The van der Waals surface area contributed by atoms with Crippen LogP contribution < -0.4 is 0 Å². The van der Waals surface area contributed by atoms with Gasteiger partial charge in [-0.2, -0.15) is 0 Å². The largest absolute Gasteiger partial charge is 0.247 e. The second-order valence-corrected chi connectivity index (χ2v) is 8.71. The lowest BCUT2D eigenvalue weighted by Crippen LogP contribution is -2.37. The van der Waals surface area contributed by atoms with Crippen molar-refractivity contribution in [2.45, 2.75) is 58.2 Å². The molecule has 1 saturated carbocycles. The van der Waals surface area contributed by atoms with E-state index in [1.54, 1.807) is 0 Å². The molecule has 3 atom stereocenters. The van der Waals surface area contributed by atoms with Gasteiger partial charge in [0.1, 0.15) is 0 Å². The Hall–Kier alpha value is 0.110. The SMILES string of the molecule is Cc1csc(CC(C)(C)C2CCC(C)CC2Br)n1. The van der Waals surface area contributed by atoms with Gasteiger partial charge in [-0.3, -0.25) is 0 Å². The molecule has 0 aromatic carbocycles. The fourth-order valence-corrected chi connectivity index (χ4v) is 5.83. The normalized spacial score (nSPS) is 29.5. The number of halogens is 1. The van der Waals surface area contributed by atoms with Crippen molar-refractivity contribution < 1.29 is 0 Å². The number of aromatic nitrogens is 1. The van der Waals surface area contributed by atoms with Gasteiger partial charge in [-0.25, -0.2) is 4.98 Å². The van der Waals surface area contributed by atoms with Crippen LogP contribution in [0.2, 0.25) is 0 Å². The van der Waals surface area contributed by atoms with Crippen molar-refractivity contribution in [2.24, 2.45) is 17.3 Å². The molecule has 0 aliphatic heterocycles. The summed E-state index contributed by atoms with van der Waals surface area (Å²) < 4.78 is 0. The Morgan fingerprint density at radius 3 is 2.72 bits per heavy atom. The molecule has 2 rings (SSSR count). The maximum atomic E-state index is 4.63. The summed E-state index contributed by atoms with van der Waals surface area (Å²) in [6.45, 7) is 9.29. The minimum Gasteiger partial charge on any atom is -0.247 e. The smallest absolute Gasteiger partial charge is 0.0933 e. The maximum Gasteiger partial charge on any atom is 0.0933 e. The molecule has 1 fully saturated rings. The van der Waals surface area contributed by atoms with Gasteiger partial charge in [0.05, 0.1) is 5.01 Å². The number of thiazole rings is 1. The number of hydrogen-bond donors (Lipinski definition) is 0. The molecule has 1 aliphatic rings. The minimum atomic E-state index is 0.346. The molecule has 0 bridgehead atoms. The highest BCUT2D eigenvalue weighted by Gasteiger charge is 2.38. The molecular formula is C15H24BrNS. The Bertz CT molecular complexity index is 399. The molecule has 0 saturated heterocycles. The molecule has 1 aliphatic carbocycles. The third-order valence-corrected chi connectivity index (χ3v) is 6.29. The topological polar surface area (TPSA) is 12.9 Å². The van der Waals surface area contributed by atoms with Gasteiger partial charge in [0.25, 0.3) is 0 Å². The molecule has 3 unspecified atom stereocenters. The van der Waals surface area contributed by atoms with Crippen LogP contribution in [0.4, 0.5) is 0 Å². The predicted molar refractivity (Wildman–Crippen MR) is 83.6 cm³/mol. The van der Waals surface area contributed by atoms with Gasteiger partial charge < -0.3 is 0 Å². The van der Waals surface area contributed by atoms with Crippen molar-refractivity contribution in [2.75, 3.05) is 0 Å². The first-order chi connectivity index (χ1) is 8.38. The fourth-order valence-electron chi connectivity index (χ4n) is 3.20. The van der Waals surface area contributed by atoms with Crippen molar-refractivity contribution >= 4 is 27.3 Å². The summed E-state index contributed by atoms with van der Waals surface area (Å²) in [5.41, 5.74) is 1.51. The van der Waals surface area contributed by atoms with Crippen LogP contribution in [0.15, 0.2) is 5.38 Å². The summed E-state index contributed by atoms with van der Waals surface area (Å²) in [7, 11) is 0. The molecule has 0 spiro atoms. The van der Waals surface area contributed by atoms with Gasteiger partial charge in [0.2, 0.25) is 0 Å². The third-order valence-electron chi connectivity index (χ3n) is 4.31. The van der Waals surface area contributed by atoms with Crippen LogP contribution in [0.3, 0.4) is 0 Å². The van der Waals surface area contributed by atoms with Crippen molar-refractivity contribution in [3.05, 3.63) is 16.1 Å². The van der Waals surface area contributed by atoms with Crippen LogP contribution in [0.1, 0.15) is 50.7 Å². The van der Waals surface area contributed by atoms with E-state index < -0.39 is 0 Å². The summed E-state index contributed by atoms with van der Waals surface area (Å²) >= 11 is 5.75. The molecule has 1 aromatic rings. The fraction of sp³-hybridized carbons (Fsp3) is 0.800. The molecule has 102 valence electrons. The van der Waals surface area contributed by atoms with Crippen LogP contribution >= 0.6 is 27.3 Å². The van der Waals surface area contributed by atoms with E-state index in [2.05, 4.69) is 54.0 Å². The molecule has 0 radical (unpaired) electrons. The highest BCUT2D eigenvalue weighted by atomic mass is 79.9. The molecular weight excluding hydrogens is 306 g/mol. The monoisotopic (exact) mass is 329 g/mol. The molecule has 1 nitrogen and oxygen atoms in total. The zero-order valence-corrected chi connectivity index (χ0v) is 14.3. The zero-order valence-electron chi connectivity index (χ0n) is 11.9. The van der Waals surface area contributed by atoms with E-state index in [9.17, 15) is 0 Å². The van der Waals surface area contributed by atoms with Crippen LogP contribution in [-0.2, 0) is 6.42 Å². The van der Waals surface area contributed by atoms with Gasteiger partial charge >= 0.3 is 0 Å². The highest BCUT2D eigenvalue weighted by molar-refractivity contribution is 9.09. The third kappa shape index (κ3) is 3.36. The van der Waals surface area contributed by atoms with E-state index in [-0.39, 0.29) is 0 Å². The van der Waals surface area contributed by atoms with E-state index in [1.807, 2.05) is 11.3 Å². The van der Waals surface area contributed by atoms with Gasteiger partial charge in [0, 0.05) is 22.3 Å². The van der Waals surface area contributed by atoms with Crippen LogP contribution in [0.5, 0.6) is 0 Å². The van der Waals surface area contributed by atoms with E-state index in [0.29, 0.717) is 10.2 Å². The summed E-state index contributed by atoms with van der Waals surface area (Å²) in [6, 6.07) is 0. The van der Waals surface area contributed by atoms with E-state index in [4.69, 9.17) is 0 Å². The molecule has 0 amide bonds. The summed E-state index contributed by atoms with van der Waals surface area (Å²) in [6.07, 6.45) is 5.18. The lowest BCUT2D eigenvalue weighted by molar-refractivity contribution is 0.147. The van der Waals surface area contributed by atoms with Crippen LogP contribution in [0.25, 0.3) is 0 Å². The van der Waals surface area contributed by atoms with E-state index >= 15 is 0 Å². The first-order valence-electron chi connectivity index (χ1n) is 6.93. The number of hydrogen-bond acceptors (Lipinski definition) is 2. The highest BCUT2D eigenvalue weighted by Crippen LogP contribution is 2.45. The van der Waals surface area contributed by atoms with Crippen LogP contribution in [0, 0.1) is 24.2 Å². The van der Waals surface area contributed by atoms with E-state index in [1.165, 1.54) is 30.0 Å². The zero-order chi connectivity index (χ0) is 13.3. The molecule has 3 heteroatoms. The van der Waals surface area contributed by atoms with Gasteiger partial charge in [0.15, 0.2) is 0 Å². The molecule has 1 heterocycles. The quantitative estimate of drug-likeness (QED) is 0.693. The summed E-state index contributed by atoms with van der Waals surface area (Å²) in [5.74, 6) is 1.65. The Morgan fingerprint density at radius 2 is 2.17 bits per heavy atom. The van der Waals surface area contributed by atoms with Crippen molar-refractivity contribution in [1.29, 1.82) is 0 Å². The second kappa shape index (κ2) is 5.62. The molecule has 1 aromatic heterocycles.